The quantitative estimate of drug-likeness (QED) is 0.581. The van der Waals surface area contributed by atoms with Gasteiger partial charge >= 0.3 is 0 Å². The van der Waals surface area contributed by atoms with Gasteiger partial charge in [0.15, 0.2) is 0 Å². The third-order valence-electron chi connectivity index (χ3n) is 3.59. The molecule has 0 aliphatic heterocycles. The second kappa shape index (κ2) is 6.75. The lowest BCUT2D eigenvalue weighted by molar-refractivity contribution is 0.0955. The summed E-state index contributed by atoms with van der Waals surface area (Å²) in [5.41, 5.74) is 6.08. The number of hydrogen-bond donors (Lipinski definition) is 1. The number of nitrogens with one attached hydrogen (secondary N) is 1. The Morgan fingerprint density at radius 2 is 1.70 bits per heavy atom. The first-order valence-electron chi connectivity index (χ1n) is 7.37. The Balaban J connectivity index is 1.78. The molecule has 0 spiro atoms. The van der Waals surface area contributed by atoms with Crippen molar-refractivity contribution in [1.82, 2.24) is 9.99 Å². The van der Waals surface area contributed by atoms with Crippen molar-refractivity contribution in [3.63, 3.8) is 0 Å². The van der Waals surface area contributed by atoms with Gasteiger partial charge in [-0.1, -0.05) is 36.4 Å². The second-order valence-corrected chi connectivity index (χ2v) is 5.16. The number of nitrogens with zero attached hydrogens (tertiary/aromatic N) is 2. The third kappa shape index (κ3) is 3.37. The number of aryl methyl sites for hydroxylation is 1. The lowest BCUT2D eigenvalue weighted by Crippen LogP contribution is -2.19. The molecule has 114 valence electrons. The van der Waals surface area contributed by atoms with Crippen LogP contribution in [0, 0.1) is 6.92 Å². The standard InChI is InChI=1S/C19H17N3O/c1-15-8-2-3-9-16(15)14-20-21-19(23)17-10-4-5-11-18(17)22-12-6-7-13-22/h2-14H,1H3,(H,21,23)/b20-14+. The summed E-state index contributed by atoms with van der Waals surface area (Å²) in [6.45, 7) is 2.00. The van der Waals surface area contributed by atoms with Gasteiger partial charge in [-0.05, 0) is 42.3 Å². The summed E-state index contributed by atoms with van der Waals surface area (Å²) in [6.07, 6.45) is 5.47. The highest BCUT2D eigenvalue weighted by Crippen LogP contribution is 2.14. The van der Waals surface area contributed by atoms with Gasteiger partial charge in [-0.3, -0.25) is 4.79 Å². The van der Waals surface area contributed by atoms with Crippen LogP contribution in [-0.4, -0.2) is 16.7 Å². The van der Waals surface area contributed by atoms with Crippen LogP contribution < -0.4 is 5.43 Å². The SMILES string of the molecule is Cc1ccccc1/C=N/NC(=O)c1ccccc1-n1cccc1. The van der Waals surface area contributed by atoms with Crippen molar-refractivity contribution < 1.29 is 4.79 Å². The number of carbonyl (C=O) groups is 1. The predicted octanol–water partition coefficient (Wildman–Crippen LogP) is 3.55. The molecule has 2 aromatic carbocycles. The van der Waals surface area contributed by atoms with E-state index in [9.17, 15) is 4.79 Å². The summed E-state index contributed by atoms with van der Waals surface area (Å²) in [7, 11) is 0. The average Bonchev–Trinajstić information content (AvgIpc) is 3.11. The van der Waals surface area contributed by atoms with Gasteiger partial charge in [0.25, 0.3) is 5.91 Å². The molecule has 0 aliphatic carbocycles. The zero-order valence-electron chi connectivity index (χ0n) is 12.8. The van der Waals surface area contributed by atoms with Crippen LogP contribution in [-0.2, 0) is 0 Å². The van der Waals surface area contributed by atoms with Gasteiger partial charge < -0.3 is 4.57 Å². The molecule has 0 saturated carbocycles. The monoisotopic (exact) mass is 303 g/mol. The molecule has 1 N–H and O–H groups in total. The van der Waals surface area contributed by atoms with E-state index in [-0.39, 0.29) is 5.91 Å². The molecule has 0 fully saturated rings. The maximum atomic E-state index is 12.4. The summed E-state index contributed by atoms with van der Waals surface area (Å²) < 4.78 is 1.90. The van der Waals surface area contributed by atoms with E-state index in [1.165, 1.54) is 0 Å². The first-order chi connectivity index (χ1) is 11.3. The Labute approximate surface area is 135 Å². The Morgan fingerprint density at radius 3 is 2.48 bits per heavy atom. The van der Waals surface area contributed by atoms with Crippen LogP contribution in [0.4, 0.5) is 0 Å². The number of hydrazone groups is 1. The maximum Gasteiger partial charge on any atom is 0.273 e. The van der Waals surface area contributed by atoms with Gasteiger partial charge in [0, 0.05) is 12.4 Å². The molecule has 1 heterocycles. The number of hydrogen-bond acceptors (Lipinski definition) is 2. The van der Waals surface area contributed by atoms with Gasteiger partial charge in [-0.2, -0.15) is 5.10 Å². The van der Waals surface area contributed by atoms with Crippen LogP contribution in [0.5, 0.6) is 0 Å². The molecule has 3 rings (SSSR count). The molecule has 1 amide bonds. The molecule has 4 heteroatoms. The molecule has 0 unspecified atom stereocenters. The molecule has 3 aromatic rings. The molecule has 4 nitrogen and oxygen atoms in total. The van der Waals surface area contributed by atoms with E-state index >= 15 is 0 Å². The van der Waals surface area contributed by atoms with Crippen LogP contribution in [0.3, 0.4) is 0 Å². The number of benzene rings is 2. The van der Waals surface area contributed by atoms with Crippen molar-refractivity contribution in [2.45, 2.75) is 6.92 Å². The minimum atomic E-state index is -0.237. The minimum Gasteiger partial charge on any atom is -0.323 e. The van der Waals surface area contributed by atoms with Gasteiger partial charge in [-0.15, -0.1) is 0 Å². The molecule has 0 radical (unpaired) electrons. The number of para-hydroxylation sites is 1. The molecular weight excluding hydrogens is 286 g/mol. The largest absolute Gasteiger partial charge is 0.323 e. The molecular formula is C19H17N3O. The molecule has 0 bridgehead atoms. The van der Waals surface area contributed by atoms with E-state index in [4.69, 9.17) is 0 Å². The van der Waals surface area contributed by atoms with Crippen LogP contribution in [0.2, 0.25) is 0 Å². The zero-order chi connectivity index (χ0) is 16.1. The first-order valence-corrected chi connectivity index (χ1v) is 7.37. The van der Waals surface area contributed by atoms with Crippen LogP contribution in [0.15, 0.2) is 78.2 Å². The van der Waals surface area contributed by atoms with Crippen molar-refractivity contribution in [1.29, 1.82) is 0 Å². The summed E-state index contributed by atoms with van der Waals surface area (Å²) >= 11 is 0. The van der Waals surface area contributed by atoms with Crippen molar-refractivity contribution in [2.75, 3.05) is 0 Å². The van der Waals surface area contributed by atoms with Gasteiger partial charge in [0.1, 0.15) is 0 Å². The lowest BCUT2D eigenvalue weighted by atomic mass is 10.1. The highest BCUT2D eigenvalue weighted by Gasteiger charge is 2.10. The maximum absolute atomic E-state index is 12.4. The van der Waals surface area contributed by atoms with Crippen molar-refractivity contribution in [2.24, 2.45) is 5.10 Å². The van der Waals surface area contributed by atoms with Gasteiger partial charge in [-0.25, -0.2) is 5.43 Å². The van der Waals surface area contributed by atoms with Crippen LogP contribution in [0.25, 0.3) is 5.69 Å². The van der Waals surface area contributed by atoms with Crippen molar-refractivity contribution >= 4 is 12.1 Å². The Morgan fingerprint density at radius 1 is 1.00 bits per heavy atom. The van der Waals surface area contributed by atoms with Gasteiger partial charge in [0.2, 0.25) is 0 Å². The second-order valence-electron chi connectivity index (χ2n) is 5.16. The topological polar surface area (TPSA) is 46.4 Å². The summed E-state index contributed by atoms with van der Waals surface area (Å²) in [5.74, 6) is -0.237. The van der Waals surface area contributed by atoms with E-state index in [0.29, 0.717) is 5.56 Å². The minimum absolute atomic E-state index is 0.237. The number of amides is 1. The summed E-state index contributed by atoms with van der Waals surface area (Å²) in [6, 6.07) is 19.2. The number of carbonyl (C=O) groups excluding carboxylic acids is 1. The average molecular weight is 303 g/mol. The van der Waals surface area contributed by atoms with Crippen molar-refractivity contribution in [3.8, 4) is 5.69 Å². The normalized spacial score (nSPS) is 10.8. The Kier molecular flexibility index (Phi) is 4.34. The van der Waals surface area contributed by atoms with Crippen LogP contribution in [0.1, 0.15) is 21.5 Å². The summed E-state index contributed by atoms with van der Waals surface area (Å²) in [5, 5.41) is 4.07. The highest BCUT2D eigenvalue weighted by atomic mass is 16.2. The molecule has 0 aliphatic rings. The Bertz CT molecular complexity index is 835. The smallest absolute Gasteiger partial charge is 0.273 e. The van der Waals surface area contributed by atoms with Gasteiger partial charge in [0.05, 0.1) is 17.5 Å². The molecule has 1 aromatic heterocycles. The highest BCUT2D eigenvalue weighted by molar-refractivity contribution is 5.98. The Hall–Kier alpha value is -3.14. The molecule has 23 heavy (non-hydrogen) atoms. The third-order valence-corrected chi connectivity index (χ3v) is 3.59. The molecule has 0 atom stereocenters. The number of rotatable bonds is 4. The first kappa shape index (κ1) is 14.8. The van der Waals surface area contributed by atoms with Crippen molar-refractivity contribution in [3.05, 3.63) is 89.7 Å². The zero-order valence-corrected chi connectivity index (χ0v) is 12.8. The number of aromatic nitrogens is 1. The van der Waals surface area contributed by atoms with Crippen LogP contribution >= 0.6 is 0 Å². The summed E-state index contributed by atoms with van der Waals surface area (Å²) in [4.78, 5) is 12.4. The van der Waals surface area contributed by atoms with E-state index in [2.05, 4.69) is 10.5 Å². The fourth-order valence-electron chi connectivity index (χ4n) is 2.34. The predicted molar refractivity (Wildman–Crippen MR) is 92.0 cm³/mol. The van der Waals surface area contributed by atoms with E-state index < -0.39 is 0 Å². The molecule has 0 saturated heterocycles. The fourth-order valence-corrected chi connectivity index (χ4v) is 2.34. The lowest BCUT2D eigenvalue weighted by Gasteiger charge is -2.09. The van der Waals surface area contributed by atoms with E-state index in [1.54, 1.807) is 12.3 Å². The van der Waals surface area contributed by atoms with E-state index in [0.717, 1.165) is 16.8 Å². The fraction of sp³-hybridized carbons (Fsp3) is 0.0526. The van der Waals surface area contributed by atoms with E-state index in [1.807, 2.05) is 78.5 Å².